The summed E-state index contributed by atoms with van der Waals surface area (Å²) in [5.74, 6) is -0.276. The first-order valence-corrected chi connectivity index (χ1v) is 12.2. The molecule has 1 aliphatic carbocycles. The largest absolute Gasteiger partial charge is 0.460 e. The van der Waals surface area contributed by atoms with Gasteiger partial charge >= 0.3 is 5.97 Å². The number of hydrogen-bond donors (Lipinski definition) is 1. The smallest absolute Gasteiger partial charge is 0.317 e. The van der Waals surface area contributed by atoms with Gasteiger partial charge in [0.15, 0.2) is 9.48 Å². The number of rotatable bonds is 5. The zero-order chi connectivity index (χ0) is 23.8. The molecule has 9 heteroatoms. The Labute approximate surface area is 214 Å². The van der Waals surface area contributed by atoms with E-state index in [1.165, 1.54) is 0 Å². The minimum atomic E-state index is -0.904. The van der Waals surface area contributed by atoms with Gasteiger partial charge in [0.1, 0.15) is 17.7 Å². The quantitative estimate of drug-likeness (QED) is 0.191. The second-order valence-electron chi connectivity index (χ2n) is 8.51. The van der Waals surface area contributed by atoms with Crippen LogP contribution in [0, 0.1) is 3.83 Å². The average molecular weight is 574 g/mol. The molecule has 6 rings (SSSR count). The van der Waals surface area contributed by atoms with Crippen molar-refractivity contribution in [2.75, 3.05) is 0 Å². The highest BCUT2D eigenvalue weighted by Crippen LogP contribution is 2.41. The van der Waals surface area contributed by atoms with E-state index in [0.29, 0.717) is 33.7 Å². The normalized spacial score (nSPS) is 16.8. The fourth-order valence-corrected chi connectivity index (χ4v) is 5.14. The van der Waals surface area contributed by atoms with Gasteiger partial charge in [-0.25, -0.2) is 9.97 Å². The Bertz CT molecular complexity index is 1530. The molecule has 8 nitrogen and oxygen atoms in total. The molecule has 0 aliphatic heterocycles. The number of halogens is 1. The van der Waals surface area contributed by atoms with Crippen LogP contribution in [0.15, 0.2) is 73.2 Å². The van der Waals surface area contributed by atoms with Gasteiger partial charge < -0.3 is 4.74 Å². The number of esters is 1. The number of ether oxygens (including phenoxy) is 1. The standard InChI is InChI=1S/C26H19IN6O2/c27-25-31-22(19-14-30-33-23(19)32-25)20-11-18(8-10-29-20)26(12-17-7-4-9-28-21(17)13-26)24(34)35-15-16-5-2-1-3-6-16/h1-11,14H,12-13,15H2,(H,30,31,32,33). The third kappa shape index (κ3) is 3.95. The van der Waals surface area contributed by atoms with Crippen molar-refractivity contribution in [3.63, 3.8) is 0 Å². The van der Waals surface area contributed by atoms with Crippen molar-refractivity contribution in [3.05, 3.63) is 99.4 Å². The van der Waals surface area contributed by atoms with Crippen LogP contribution in [0.2, 0.25) is 0 Å². The number of aromatic nitrogens is 6. The summed E-state index contributed by atoms with van der Waals surface area (Å²) >= 11 is 2.07. The third-order valence-electron chi connectivity index (χ3n) is 6.39. The van der Waals surface area contributed by atoms with Gasteiger partial charge in [0.05, 0.1) is 17.3 Å². The fourth-order valence-electron chi connectivity index (χ4n) is 4.65. The van der Waals surface area contributed by atoms with Crippen molar-refractivity contribution >= 4 is 39.6 Å². The van der Waals surface area contributed by atoms with Crippen molar-refractivity contribution in [2.24, 2.45) is 0 Å². The van der Waals surface area contributed by atoms with Gasteiger partial charge in [-0.1, -0.05) is 36.4 Å². The molecule has 0 spiro atoms. The summed E-state index contributed by atoms with van der Waals surface area (Å²) < 4.78 is 6.47. The highest BCUT2D eigenvalue weighted by Gasteiger charge is 2.47. The maximum Gasteiger partial charge on any atom is 0.317 e. The molecule has 1 N–H and O–H groups in total. The molecule has 172 valence electrons. The number of nitrogens with zero attached hydrogens (tertiary/aromatic N) is 5. The SMILES string of the molecule is O=C(OCc1ccccc1)C1(c2ccnc(-c3nc(I)nc4[nH]ncc34)c2)Cc2cccnc2C1. The molecular weight excluding hydrogens is 555 g/mol. The fraction of sp³-hybridized carbons (Fsp3) is 0.154. The van der Waals surface area contributed by atoms with Crippen molar-refractivity contribution in [1.82, 2.24) is 30.1 Å². The molecule has 35 heavy (non-hydrogen) atoms. The molecule has 0 bridgehead atoms. The number of carbonyl (C=O) groups excluding carboxylic acids is 1. The monoisotopic (exact) mass is 574 g/mol. The molecule has 0 amide bonds. The van der Waals surface area contributed by atoms with Gasteiger partial charge in [-0.15, -0.1) is 0 Å². The van der Waals surface area contributed by atoms with Gasteiger partial charge in [0.2, 0.25) is 0 Å². The van der Waals surface area contributed by atoms with Crippen molar-refractivity contribution in [2.45, 2.75) is 24.9 Å². The van der Waals surface area contributed by atoms with Gasteiger partial charge in [-0.3, -0.25) is 19.9 Å². The molecule has 0 fully saturated rings. The predicted octanol–water partition coefficient (Wildman–Crippen LogP) is 4.19. The zero-order valence-electron chi connectivity index (χ0n) is 18.5. The van der Waals surface area contributed by atoms with Gasteiger partial charge in [-0.05, 0) is 41.3 Å². The zero-order valence-corrected chi connectivity index (χ0v) is 20.6. The molecule has 0 saturated heterocycles. The summed E-state index contributed by atoms with van der Waals surface area (Å²) in [4.78, 5) is 31.9. The number of aromatic amines is 1. The molecule has 1 unspecified atom stereocenters. The van der Waals surface area contributed by atoms with E-state index in [1.807, 2.05) is 54.6 Å². The number of carbonyl (C=O) groups is 1. The lowest BCUT2D eigenvalue weighted by Gasteiger charge is -2.27. The number of hydrogen-bond acceptors (Lipinski definition) is 7. The van der Waals surface area contributed by atoms with Crippen LogP contribution in [-0.4, -0.2) is 36.1 Å². The van der Waals surface area contributed by atoms with Crippen LogP contribution in [0.3, 0.4) is 0 Å². The topological polar surface area (TPSA) is 107 Å². The van der Waals surface area contributed by atoms with E-state index in [0.717, 1.165) is 27.8 Å². The number of pyridine rings is 2. The summed E-state index contributed by atoms with van der Waals surface area (Å²) in [6, 6.07) is 17.4. The number of benzene rings is 1. The first-order chi connectivity index (χ1) is 17.1. The first kappa shape index (κ1) is 21.8. The number of nitrogens with one attached hydrogen (secondary N) is 1. The maximum atomic E-state index is 13.8. The van der Waals surface area contributed by atoms with Crippen LogP contribution in [0.1, 0.15) is 22.4 Å². The Morgan fingerprint density at radius 2 is 1.91 bits per heavy atom. The average Bonchev–Trinajstić information content (AvgIpc) is 3.53. The molecule has 1 aliphatic rings. The van der Waals surface area contributed by atoms with Crippen LogP contribution in [0.25, 0.3) is 22.4 Å². The summed E-state index contributed by atoms with van der Waals surface area (Å²) in [5, 5.41) is 7.77. The van der Waals surface area contributed by atoms with Crippen LogP contribution < -0.4 is 0 Å². The minimum Gasteiger partial charge on any atom is -0.460 e. The summed E-state index contributed by atoms with van der Waals surface area (Å²) in [7, 11) is 0. The van der Waals surface area contributed by atoms with Gasteiger partial charge in [0, 0.05) is 47.1 Å². The Morgan fingerprint density at radius 3 is 2.77 bits per heavy atom. The molecule has 1 atom stereocenters. The van der Waals surface area contributed by atoms with E-state index in [2.05, 4.69) is 52.7 Å². The molecule has 0 saturated carbocycles. The lowest BCUT2D eigenvalue weighted by atomic mass is 9.78. The van der Waals surface area contributed by atoms with Gasteiger partial charge in [-0.2, -0.15) is 5.10 Å². The van der Waals surface area contributed by atoms with E-state index >= 15 is 0 Å². The molecule has 4 heterocycles. The van der Waals surface area contributed by atoms with E-state index in [1.54, 1.807) is 18.6 Å². The highest BCUT2D eigenvalue weighted by molar-refractivity contribution is 14.1. The molecular formula is C26H19IN6O2. The number of H-pyrrole nitrogens is 1. The summed E-state index contributed by atoms with van der Waals surface area (Å²) in [5.41, 5.74) is 4.78. The van der Waals surface area contributed by atoms with E-state index in [9.17, 15) is 4.79 Å². The van der Waals surface area contributed by atoms with Crippen molar-refractivity contribution in [1.29, 1.82) is 0 Å². The second kappa shape index (κ2) is 8.81. The lowest BCUT2D eigenvalue weighted by molar-refractivity contribution is -0.151. The van der Waals surface area contributed by atoms with Crippen LogP contribution in [0.4, 0.5) is 0 Å². The Balaban J connectivity index is 1.42. The third-order valence-corrected chi connectivity index (χ3v) is 6.87. The van der Waals surface area contributed by atoms with Crippen molar-refractivity contribution in [3.8, 4) is 11.4 Å². The molecule has 4 aromatic heterocycles. The van der Waals surface area contributed by atoms with Crippen LogP contribution >= 0.6 is 22.6 Å². The van der Waals surface area contributed by atoms with E-state index in [4.69, 9.17) is 4.74 Å². The van der Waals surface area contributed by atoms with E-state index in [-0.39, 0.29) is 12.6 Å². The molecule has 1 aromatic carbocycles. The van der Waals surface area contributed by atoms with E-state index < -0.39 is 5.41 Å². The second-order valence-corrected chi connectivity index (χ2v) is 9.47. The Morgan fingerprint density at radius 1 is 1.03 bits per heavy atom. The Kier molecular flexibility index (Phi) is 5.48. The summed E-state index contributed by atoms with van der Waals surface area (Å²) in [6.45, 7) is 0.211. The lowest BCUT2D eigenvalue weighted by Crippen LogP contribution is -2.38. The first-order valence-electron chi connectivity index (χ1n) is 11.1. The predicted molar refractivity (Wildman–Crippen MR) is 137 cm³/mol. The summed E-state index contributed by atoms with van der Waals surface area (Å²) in [6.07, 6.45) is 6.14. The van der Waals surface area contributed by atoms with Crippen LogP contribution in [-0.2, 0) is 34.4 Å². The van der Waals surface area contributed by atoms with Gasteiger partial charge in [0.25, 0.3) is 0 Å². The van der Waals surface area contributed by atoms with Crippen molar-refractivity contribution < 1.29 is 9.53 Å². The Hall–Kier alpha value is -3.73. The molecule has 0 radical (unpaired) electrons. The maximum absolute atomic E-state index is 13.8. The molecule has 5 aromatic rings. The highest BCUT2D eigenvalue weighted by atomic mass is 127. The minimum absolute atomic E-state index is 0.211. The van der Waals surface area contributed by atoms with Crippen LogP contribution in [0.5, 0.6) is 0 Å². The number of fused-ring (bicyclic) bond motifs is 2.